The van der Waals surface area contributed by atoms with Crippen molar-refractivity contribution < 1.29 is 22.4 Å². The Morgan fingerprint density at radius 3 is 2.52 bits per heavy atom. The highest BCUT2D eigenvalue weighted by atomic mass is 32.2. The third-order valence-corrected chi connectivity index (χ3v) is 6.29. The zero-order valence-electron chi connectivity index (χ0n) is 17.1. The second-order valence-corrected chi connectivity index (χ2v) is 9.65. The number of nitrogens with zero attached hydrogens (tertiary/aromatic N) is 1. The van der Waals surface area contributed by atoms with E-state index in [0.717, 1.165) is 16.3 Å². The Bertz CT molecular complexity index is 1070. The molecule has 0 saturated heterocycles. The summed E-state index contributed by atoms with van der Waals surface area (Å²) in [6.07, 6.45) is 2.69. The van der Waals surface area contributed by atoms with E-state index in [1.54, 1.807) is 54.4 Å². The van der Waals surface area contributed by atoms with Gasteiger partial charge in [-0.15, -0.1) is 0 Å². The van der Waals surface area contributed by atoms with Crippen LogP contribution >= 0.6 is 11.8 Å². The third-order valence-electron chi connectivity index (χ3n) is 4.19. The summed E-state index contributed by atoms with van der Waals surface area (Å²) < 4.78 is 37.1. The van der Waals surface area contributed by atoms with E-state index in [4.69, 9.17) is 9.15 Å². The van der Waals surface area contributed by atoms with Crippen LogP contribution in [0.4, 0.5) is 5.69 Å². The zero-order chi connectivity index (χ0) is 22.1. The first-order chi connectivity index (χ1) is 14.9. The van der Waals surface area contributed by atoms with Gasteiger partial charge in [0.1, 0.15) is 18.1 Å². The molecule has 0 aliphatic heterocycles. The summed E-state index contributed by atoms with van der Waals surface area (Å²) in [5, 5.41) is 2.77. The summed E-state index contributed by atoms with van der Waals surface area (Å²) in [4.78, 5) is 12.4. The average Bonchev–Trinajstić information content (AvgIpc) is 3.26. The van der Waals surface area contributed by atoms with Crippen LogP contribution < -0.4 is 14.4 Å². The number of sulfonamides is 1. The molecular formula is C22H24N2O5S2. The van der Waals surface area contributed by atoms with Gasteiger partial charge in [0.15, 0.2) is 5.75 Å². The average molecular weight is 461 g/mol. The summed E-state index contributed by atoms with van der Waals surface area (Å²) in [5.74, 6) is 2.79. The fourth-order valence-corrected chi connectivity index (χ4v) is 4.38. The van der Waals surface area contributed by atoms with Gasteiger partial charge in [-0.25, -0.2) is 8.42 Å². The second kappa shape index (κ2) is 10.9. The number of carbonyl (C=O) groups excluding carboxylic acids is 1. The van der Waals surface area contributed by atoms with Crippen LogP contribution in [0.15, 0.2) is 77.4 Å². The molecule has 0 aliphatic rings. The Morgan fingerprint density at radius 2 is 1.81 bits per heavy atom. The Kier molecular flexibility index (Phi) is 8.02. The van der Waals surface area contributed by atoms with E-state index in [2.05, 4.69) is 5.32 Å². The van der Waals surface area contributed by atoms with Crippen molar-refractivity contribution in [3.05, 3.63) is 78.8 Å². The maximum absolute atomic E-state index is 12.5. The molecule has 7 nitrogen and oxygen atoms in total. The van der Waals surface area contributed by atoms with E-state index in [1.807, 2.05) is 30.3 Å². The predicted octanol–water partition coefficient (Wildman–Crippen LogP) is 3.89. The van der Waals surface area contributed by atoms with Gasteiger partial charge in [-0.3, -0.25) is 9.10 Å². The van der Waals surface area contributed by atoms with E-state index in [1.165, 1.54) is 0 Å². The van der Waals surface area contributed by atoms with Crippen LogP contribution in [0.25, 0.3) is 0 Å². The van der Waals surface area contributed by atoms with E-state index in [-0.39, 0.29) is 6.54 Å². The lowest BCUT2D eigenvalue weighted by atomic mass is 10.3. The molecule has 3 rings (SSSR count). The number of thioether (sulfide) groups is 1. The Morgan fingerprint density at radius 1 is 1.06 bits per heavy atom. The van der Waals surface area contributed by atoms with Crippen LogP contribution in [0.1, 0.15) is 5.76 Å². The monoisotopic (exact) mass is 460 g/mol. The summed E-state index contributed by atoms with van der Waals surface area (Å²) in [6, 6.07) is 19.5. The highest BCUT2D eigenvalue weighted by Crippen LogP contribution is 2.33. The maximum Gasteiger partial charge on any atom is 0.240 e. The molecule has 0 radical (unpaired) electrons. The fourth-order valence-electron chi connectivity index (χ4n) is 2.76. The van der Waals surface area contributed by atoms with Gasteiger partial charge in [0, 0.05) is 12.3 Å². The van der Waals surface area contributed by atoms with Gasteiger partial charge in [-0.1, -0.05) is 30.3 Å². The van der Waals surface area contributed by atoms with Crippen molar-refractivity contribution >= 4 is 33.4 Å². The van der Waals surface area contributed by atoms with Crippen molar-refractivity contribution in [2.45, 2.75) is 5.75 Å². The molecule has 31 heavy (non-hydrogen) atoms. The number of hydrogen-bond donors (Lipinski definition) is 1. The van der Waals surface area contributed by atoms with Gasteiger partial charge in [-0.2, -0.15) is 11.8 Å². The molecule has 164 valence electrons. The summed E-state index contributed by atoms with van der Waals surface area (Å²) in [7, 11) is -3.72. The minimum atomic E-state index is -3.72. The number of carbonyl (C=O) groups is 1. The highest BCUT2D eigenvalue weighted by Gasteiger charge is 2.24. The van der Waals surface area contributed by atoms with E-state index < -0.39 is 15.9 Å². The SMILES string of the molecule is CS(=O)(=O)N(CC(=O)NCCSCc1ccco1)c1ccccc1Oc1ccccc1. The highest BCUT2D eigenvalue weighted by molar-refractivity contribution is 7.98. The molecule has 0 bridgehead atoms. The quantitative estimate of drug-likeness (QED) is 0.437. The Balaban J connectivity index is 1.62. The topological polar surface area (TPSA) is 88.9 Å². The number of anilines is 1. The zero-order valence-corrected chi connectivity index (χ0v) is 18.7. The van der Waals surface area contributed by atoms with Crippen LogP contribution in [0.2, 0.25) is 0 Å². The van der Waals surface area contributed by atoms with Gasteiger partial charge in [0.05, 0.1) is 24.0 Å². The smallest absolute Gasteiger partial charge is 0.240 e. The lowest BCUT2D eigenvalue weighted by molar-refractivity contribution is -0.119. The molecule has 0 unspecified atom stereocenters. The van der Waals surface area contributed by atoms with Crippen LogP contribution in [-0.4, -0.2) is 39.4 Å². The third kappa shape index (κ3) is 7.08. The van der Waals surface area contributed by atoms with Crippen LogP contribution in [0.3, 0.4) is 0 Å². The van der Waals surface area contributed by atoms with Crippen molar-refractivity contribution in [3.63, 3.8) is 0 Å². The normalized spacial score (nSPS) is 11.1. The van der Waals surface area contributed by atoms with Crippen molar-refractivity contribution in [1.29, 1.82) is 0 Å². The first-order valence-corrected chi connectivity index (χ1v) is 12.6. The molecular weight excluding hydrogens is 436 g/mol. The lowest BCUT2D eigenvalue weighted by Gasteiger charge is -2.24. The second-order valence-electron chi connectivity index (χ2n) is 6.63. The van der Waals surface area contributed by atoms with Gasteiger partial charge in [-0.05, 0) is 36.4 Å². The van der Waals surface area contributed by atoms with Gasteiger partial charge < -0.3 is 14.5 Å². The maximum atomic E-state index is 12.5. The summed E-state index contributed by atoms with van der Waals surface area (Å²) >= 11 is 1.62. The number of rotatable bonds is 11. The molecule has 0 aliphatic carbocycles. The van der Waals surface area contributed by atoms with E-state index in [9.17, 15) is 13.2 Å². The largest absolute Gasteiger partial charge is 0.468 e. The number of benzene rings is 2. The van der Waals surface area contributed by atoms with Gasteiger partial charge in [0.25, 0.3) is 0 Å². The van der Waals surface area contributed by atoms with E-state index in [0.29, 0.717) is 35.2 Å². The molecule has 1 aromatic heterocycles. The first-order valence-electron chi connectivity index (χ1n) is 9.60. The van der Waals surface area contributed by atoms with Crippen molar-refractivity contribution in [3.8, 4) is 11.5 Å². The van der Waals surface area contributed by atoms with Gasteiger partial charge in [0.2, 0.25) is 15.9 Å². The molecule has 0 spiro atoms. The number of ether oxygens (including phenoxy) is 1. The molecule has 9 heteroatoms. The van der Waals surface area contributed by atoms with Crippen LogP contribution in [0.5, 0.6) is 11.5 Å². The summed E-state index contributed by atoms with van der Waals surface area (Å²) in [6.45, 7) is 0.0841. The fraction of sp³-hybridized carbons (Fsp3) is 0.227. The number of amides is 1. The lowest BCUT2D eigenvalue weighted by Crippen LogP contribution is -2.41. The number of para-hydroxylation sites is 3. The van der Waals surface area contributed by atoms with Crippen molar-refractivity contribution in [2.75, 3.05) is 29.4 Å². The van der Waals surface area contributed by atoms with Crippen molar-refractivity contribution in [2.24, 2.45) is 0 Å². The van der Waals surface area contributed by atoms with E-state index >= 15 is 0 Å². The molecule has 2 aromatic carbocycles. The molecule has 0 fully saturated rings. The minimum Gasteiger partial charge on any atom is -0.468 e. The first kappa shape index (κ1) is 22.8. The number of nitrogens with one attached hydrogen (secondary N) is 1. The molecule has 1 N–H and O–H groups in total. The molecule has 0 saturated carbocycles. The minimum absolute atomic E-state index is 0.302. The molecule has 0 atom stereocenters. The van der Waals surface area contributed by atoms with Crippen LogP contribution in [0, 0.1) is 0 Å². The Labute approximate surface area is 186 Å². The van der Waals surface area contributed by atoms with Crippen molar-refractivity contribution in [1.82, 2.24) is 5.32 Å². The molecule has 1 amide bonds. The summed E-state index contributed by atoms with van der Waals surface area (Å²) in [5.41, 5.74) is 0.302. The van der Waals surface area contributed by atoms with Gasteiger partial charge >= 0.3 is 0 Å². The Hall–Kier alpha value is -2.91. The van der Waals surface area contributed by atoms with Crippen LogP contribution in [-0.2, 0) is 20.6 Å². The predicted molar refractivity (Wildman–Crippen MR) is 123 cm³/mol. The standard InChI is InChI=1S/C22H24N2O5S2/c1-31(26,27)24(16-22(25)23-13-15-30-17-19-10-7-14-28-19)20-11-5-6-12-21(20)29-18-8-3-2-4-9-18/h2-12,14H,13,15-17H2,1H3,(H,23,25). The number of hydrogen-bond acceptors (Lipinski definition) is 6. The number of furan rings is 1. The molecule has 3 aromatic rings. The molecule has 1 heterocycles.